The lowest BCUT2D eigenvalue weighted by molar-refractivity contribution is -0.121. The quantitative estimate of drug-likeness (QED) is 0.316. The molecule has 0 aliphatic carbocycles. The van der Waals surface area contributed by atoms with Crippen LogP contribution in [-0.2, 0) is 17.8 Å². The molecule has 0 saturated heterocycles. The SMILES string of the molecule is COc1ccc(CCCC(=O)N/N=C\c2ccc(OCc3ccccc3C#N)c(OC)c2)c(C)c1. The highest BCUT2D eigenvalue weighted by Gasteiger charge is 2.08. The Morgan fingerprint density at radius 3 is 2.60 bits per heavy atom. The van der Waals surface area contributed by atoms with Crippen LogP contribution in [0.3, 0.4) is 0 Å². The van der Waals surface area contributed by atoms with E-state index in [1.165, 1.54) is 5.56 Å². The molecule has 0 aromatic heterocycles. The first-order chi connectivity index (χ1) is 17.0. The third-order valence-corrected chi connectivity index (χ3v) is 5.51. The fourth-order valence-electron chi connectivity index (χ4n) is 3.54. The third-order valence-electron chi connectivity index (χ3n) is 5.51. The Morgan fingerprint density at radius 2 is 1.86 bits per heavy atom. The number of methoxy groups -OCH3 is 2. The number of hydrogen-bond acceptors (Lipinski definition) is 6. The summed E-state index contributed by atoms with van der Waals surface area (Å²) in [5.74, 6) is 1.77. The lowest BCUT2D eigenvalue weighted by Crippen LogP contribution is -2.17. The summed E-state index contributed by atoms with van der Waals surface area (Å²) in [4.78, 5) is 12.1. The predicted molar refractivity (Wildman–Crippen MR) is 135 cm³/mol. The van der Waals surface area contributed by atoms with Crippen LogP contribution in [-0.4, -0.2) is 26.3 Å². The maximum Gasteiger partial charge on any atom is 0.240 e. The van der Waals surface area contributed by atoms with Gasteiger partial charge in [-0.1, -0.05) is 24.3 Å². The standard InChI is InChI=1S/C28H29N3O4/c1-20-15-25(33-2)13-12-22(20)9-6-10-28(32)31-30-18-21-11-14-26(27(16-21)34-3)35-19-24-8-5-4-7-23(24)17-29/h4-5,7-8,11-16,18H,6,9-10,19H2,1-3H3,(H,31,32)/b30-18-. The van der Waals surface area contributed by atoms with Crippen molar-refractivity contribution in [1.82, 2.24) is 5.43 Å². The van der Waals surface area contributed by atoms with Crippen LogP contribution in [0.5, 0.6) is 17.2 Å². The van der Waals surface area contributed by atoms with E-state index in [2.05, 4.69) is 16.6 Å². The summed E-state index contributed by atoms with van der Waals surface area (Å²) >= 11 is 0. The minimum atomic E-state index is -0.143. The number of rotatable bonds is 11. The first-order valence-electron chi connectivity index (χ1n) is 11.3. The number of hydrogen-bond donors (Lipinski definition) is 1. The van der Waals surface area contributed by atoms with Gasteiger partial charge in [-0.3, -0.25) is 4.79 Å². The molecule has 3 rings (SSSR count). The van der Waals surface area contributed by atoms with E-state index >= 15 is 0 Å². The van der Waals surface area contributed by atoms with Crippen molar-refractivity contribution in [2.24, 2.45) is 5.10 Å². The molecule has 7 nitrogen and oxygen atoms in total. The lowest BCUT2D eigenvalue weighted by Gasteiger charge is -2.12. The van der Waals surface area contributed by atoms with Gasteiger partial charge in [0.15, 0.2) is 11.5 Å². The summed E-state index contributed by atoms with van der Waals surface area (Å²) in [5.41, 5.74) is 7.05. The maximum atomic E-state index is 12.1. The highest BCUT2D eigenvalue weighted by molar-refractivity contribution is 5.83. The summed E-state index contributed by atoms with van der Waals surface area (Å²) in [6.45, 7) is 2.29. The molecule has 0 atom stereocenters. The Hall–Kier alpha value is -4.31. The van der Waals surface area contributed by atoms with Gasteiger partial charge < -0.3 is 14.2 Å². The molecule has 0 heterocycles. The van der Waals surface area contributed by atoms with Crippen molar-refractivity contribution < 1.29 is 19.0 Å². The molecule has 180 valence electrons. The van der Waals surface area contributed by atoms with E-state index in [9.17, 15) is 10.1 Å². The predicted octanol–water partition coefficient (Wildman–Crippen LogP) is 4.94. The van der Waals surface area contributed by atoms with Crippen LogP contribution in [0.1, 0.15) is 40.7 Å². The van der Waals surface area contributed by atoms with Crippen LogP contribution in [0, 0.1) is 18.3 Å². The molecule has 0 aliphatic rings. The average molecular weight is 472 g/mol. The smallest absolute Gasteiger partial charge is 0.240 e. The molecule has 35 heavy (non-hydrogen) atoms. The zero-order valence-electron chi connectivity index (χ0n) is 20.2. The highest BCUT2D eigenvalue weighted by atomic mass is 16.5. The first-order valence-corrected chi connectivity index (χ1v) is 11.3. The number of benzene rings is 3. The molecule has 0 aliphatic heterocycles. The zero-order chi connectivity index (χ0) is 25.0. The topological polar surface area (TPSA) is 92.9 Å². The molecule has 7 heteroatoms. The molecule has 0 spiro atoms. The van der Waals surface area contributed by atoms with Crippen molar-refractivity contribution in [3.63, 3.8) is 0 Å². The van der Waals surface area contributed by atoms with E-state index in [-0.39, 0.29) is 12.5 Å². The number of hydrazone groups is 1. The average Bonchev–Trinajstić information content (AvgIpc) is 2.88. The van der Waals surface area contributed by atoms with Crippen molar-refractivity contribution in [3.8, 4) is 23.3 Å². The number of ether oxygens (including phenoxy) is 3. The molecule has 0 saturated carbocycles. The largest absolute Gasteiger partial charge is 0.497 e. The molecular formula is C28H29N3O4. The molecule has 0 radical (unpaired) electrons. The molecule has 0 unspecified atom stereocenters. The fourth-order valence-corrected chi connectivity index (χ4v) is 3.54. The van der Waals surface area contributed by atoms with Crippen LogP contribution < -0.4 is 19.6 Å². The van der Waals surface area contributed by atoms with Crippen molar-refractivity contribution in [3.05, 3.63) is 88.5 Å². The van der Waals surface area contributed by atoms with E-state index in [1.807, 2.05) is 49.4 Å². The van der Waals surface area contributed by atoms with Gasteiger partial charge in [0.05, 0.1) is 32.1 Å². The van der Waals surface area contributed by atoms with Gasteiger partial charge in [-0.2, -0.15) is 10.4 Å². The number of nitriles is 1. The summed E-state index contributed by atoms with van der Waals surface area (Å²) < 4.78 is 16.5. The Kier molecular flexibility index (Phi) is 9.26. The second-order valence-corrected chi connectivity index (χ2v) is 7.91. The number of carbonyl (C=O) groups is 1. The molecular weight excluding hydrogens is 442 g/mol. The molecule has 0 fully saturated rings. The summed E-state index contributed by atoms with van der Waals surface area (Å²) in [6, 6.07) is 20.8. The minimum Gasteiger partial charge on any atom is -0.497 e. The van der Waals surface area contributed by atoms with Crippen molar-refractivity contribution in [1.29, 1.82) is 5.26 Å². The van der Waals surface area contributed by atoms with E-state index in [0.717, 1.165) is 35.3 Å². The Labute approximate surface area is 206 Å². The van der Waals surface area contributed by atoms with Crippen molar-refractivity contribution in [2.75, 3.05) is 14.2 Å². The van der Waals surface area contributed by atoms with Gasteiger partial charge in [0.1, 0.15) is 12.4 Å². The normalized spacial score (nSPS) is 10.6. The van der Waals surface area contributed by atoms with Gasteiger partial charge in [-0.15, -0.1) is 0 Å². The van der Waals surface area contributed by atoms with E-state index in [1.54, 1.807) is 38.6 Å². The Morgan fingerprint density at radius 1 is 1.03 bits per heavy atom. The van der Waals surface area contributed by atoms with Crippen LogP contribution >= 0.6 is 0 Å². The van der Waals surface area contributed by atoms with Crippen molar-refractivity contribution >= 4 is 12.1 Å². The number of nitrogens with one attached hydrogen (secondary N) is 1. The molecule has 1 N–H and O–H groups in total. The summed E-state index contributed by atoms with van der Waals surface area (Å²) in [7, 11) is 3.20. The maximum absolute atomic E-state index is 12.1. The second kappa shape index (κ2) is 12.8. The number of carbonyl (C=O) groups excluding carboxylic acids is 1. The minimum absolute atomic E-state index is 0.143. The first kappa shape index (κ1) is 25.3. The van der Waals surface area contributed by atoms with Crippen LogP contribution in [0.4, 0.5) is 0 Å². The lowest BCUT2D eigenvalue weighted by atomic mass is 10.0. The Balaban J connectivity index is 1.49. The van der Waals surface area contributed by atoms with Gasteiger partial charge in [0.25, 0.3) is 0 Å². The monoisotopic (exact) mass is 471 g/mol. The second-order valence-electron chi connectivity index (χ2n) is 7.91. The van der Waals surface area contributed by atoms with Crippen LogP contribution in [0.15, 0.2) is 65.8 Å². The highest BCUT2D eigenvalue weighted by Crippen LogP contribution is 2.28. The summed E-state index contributed by atoms with van der Waals surface area (Å²) in [6.07, 6.45) is 3.47. The number of amides is 1. The van der Waals surface area contributed by atoms with Crippen molar-refractivity contribution in [2.45, 2.75) is 32.8 Å². The van der Waals surface area contributed by atoms with Gasteiger partial charge in [0.2, 0.25) is 5.91 Å². The third kappa shape index (κ3) is 7.34. The van der Waals surface area contributed by atoms with Crippen LogP contribution in [0.25, 0.3) is 0 Å². The number of aryl methyl sites for hydroxylation is 2. The van der Waals surface area contributed by atoms with Gasteiger partial charge >= 0.3 is 0 Å². The van der Waals surface area contributed by atoms with Gasteiger partial charge in [0, 0.05) is 12.0 Å². The molecule has 3 aromatic carbocycles. The molecule has 3 aromatic rings. The zero-order valence-corrected chi connectivity index (χ0v) is 20.2. The van der Waals surface area contributed by atoms with E-state index in [0.29, 0.717) is 23.5 Å². The molecule has 0 bridgehead atoms. The number of nitrogens with zero attached hydrogens (tertiary/aromatic N) is 2. The van der Waals surface area contributed by atoms with E-state index < -0.39 is 0 Å². The summed E-state index contributed by atoms with van der Waals surface area (Å²) in [5, 5.41) is 13.3. The fraction of sp³-hybridized carbons (Fsp3) is 0.250. The van der Waals surface area contributed by atoms with Gasteiger partial charge in [-0.25, -0.2) is 5.43 Å². The van der Waals surface area contributed by atoms with Gasteiger partial charge in [-0.05, 0) is 72.9 Å². The molecule has 1 amide bonds. The Bertz CT molecular complexity index is 1230. The van der Waals surface area contributed by atoms with E-state index in [4.69, 9.17) is 14.2 Å². The van der Waals surface area contributed by atoms with Crippen LogP contribution in [0.2, 0.25) is 0 Å².